The maximum Gasteiger partial charge on any atom is 0.417 e. The quantitative estimate of drug-likeness (QED) is 0.507. The summed E-state index contributed by atoms with van der Waals surface area (Å²) in [5.74, 6) is 0. The molecule has 16 heavy (non-hydrogen) atoms. The number of rotatable bonds is 2. The van der Waals surface area contributed by atoms with Crippen LogP contribution in [0.4, 0.5) is 13.2 Å². The van der Waals surface area contributed by atoms with Crippen molar-refractivity contribution in [3.8, 4) is 6.07 Å². The number of nitrogens with zero attached hydrogens (tertiary/aromatic N) is 2. The van der Waals surface area contributed by atoms with Gasteiger partial charge in [0.25, 0.3) is 0 Å². The van der Waals surface area contributed by atoms with E-state index < -0.39 is 17.3 Å². The van der Waals surface area contributed by atoms with Crippen LogP contribution in [0.3, 0.4) is 0 Å². The molecule has 1 N–H and O–H groups in total. The Morgan fingerprint density at radius 2 is 2.06 bits per heavy atom. The van der Waals surface area contributed by atoms with Crippen molar-refractivity contribution in [2.75, 3.05) is 0 Å². The number of hydrogen-bond acceptors (Lipinski definition) is 4. The van der Waals surface area contributed by atoms with Gasteiger partial charge in [0.1, 0.15) is 0 Å². The van der Waals surface area contributed by atoms with Gasteiger partial charge in [-0.2, -0.15) is 18.4 Å². The molecule has 0 aromatic heterocycles. The average Bonchev–Trinajstić information content (AvgIpc) is 2.15. The molecule has 0 aliphatic rings. The van der Waals surface area contributed by atoms with E-state index in [0.29, 0.717) is 11.9 Å². The molecular weight excluding hydrogens is 265 g/mol. The van der Waals surface area contributed by atoms with Gasteiger partial charge in [-0.15, -0.1) is 0 Å². The van der Waals surface area contributed by atoms with E-state index in [4.69, 9.17) is 22.2 Å². The fraction of sp³-hybridized carbons (Fsp3) is 0.125. The summed E-state index contributed by atoms with van der Waals surface area (Å²) in [6.07, 6.45) is -4.62. The first-order valence-corrected chi connectivity index (χ1v) is 4.90. The fourth-order valence-corrected chi connectivity index (χ4v) is 1.71. The molecule has 0 radical (unpaired) electrons. The van der Waals surface area contributed by atoms with Gasteiger partial charge in [0, 0.05) is 28.6 Å². The maximum absolute atomic E-state index is 12.5. The molecule has 0 amide bonds. The summed E-state index contributed by atoms with van der Waals surface area (Å²) >= 11 is 5.55. The van der Waals surface area contributed by atoms with Crippen molar-refractivity contribution in [3.63, 3.8) is 0 Å². The molecule has 3 nitrogen and oxygen atoms in total. The van der Waals surface area contributed by atoms with Crippen LogP contribution in [0.1, 0.15) is 11.1 Å². The van der Waals surface area contributed by atoms with Gasteiger partial charge >= 0.3 is 6.18 Å². The first kappa shape index (κ1) is 13.1. The Kier molecular flexibility index (Phi) is 4.04. The minimum absolute atomic E-state index is 0.0730. The monoisotopic (exact) mass is 268 g/mol. The van der Waals surface area contributed by atoms with Gasteiger partial charge in [0.15, 0.2) is 0 Å². The number of alkyl halides is 3. The van der Waals surface area contributed by atoms with E-state index >= 15 is 0 Å². The topological polar surface area (TPSA) is 47.3 Å². The predicted molar refractivity (Wildman–Crippen MR) is 51.5 cm³/mol. The molecule has 0 aliphatic heterocycles. The Labute approximate surface area is 98.2 Å². The van der Waals surface area contributed by atoms with E-state index in [-0.39, 0.29) is 8.88 Å². The lowest BCUT2D eigenvalue weighted by molar-refractivity contribution is -0.137. The van der Waals surface area contributed by atoms with Gasteiger partial charge in [0.2, 0.25) is 0 Å². The molecule has 0 saturated carbocycles. The zero-order valence-corrected chi connectivity index (χ0v) is 9.07. The van der Waals surface area contributed by atoms with Crippen molar-refractivity contribution >= 4 is 23.7 Å². The summed E-state index contributed by atoms with van der Waals surface area (Å²) in [7, 11) is 0. The summed E-state index contributed by atoms with van der Waals surface area (Å²) < 4.78 is 37.6. The van der Waals surface area contributed by atoms with Gasteiger partial charge in [-0.1, -0.05) is 0 Å². The van der Waals surface area contributed by atoms with Crippen LogP contribution in [0.15, 0.2) is 23.1 Å². The lowest BCUT2D eigenvalue weighted by atomic mass is 10.1. The van der Waals surface area contributed by atoms with E-state index in [9.17, 15) is 13.2 Å². The standard InChI is InChI=1S/C8H4ClF3N2OS/c9-14(15)16-6-2-1-5(4-13)7(3-6)8(10,11)12/h1-3,15H. The summed E-state index contributed by atoms with van der Waals surface area (Å²) in [5, 5.41) is 17.2. The van der Waals surface area contributed by atoms with Crippen molar-refractivity contribution in [1.29, 1.82) is 5.26 Å². The Hall–Kier alpha value is -0.940. The van der Waals surface area contributed by atoms with Crippen molar-refractivity contribution in [3.05, 3.63) is 29.3 Å². The van der Waals surface area contributed by atoms with E-state index in [1.807, 2.05) is 0 Å². The van der Waals surface area contributed by atoms with Crippen LogP contribution in [-0.2, 0) is 6.18 Å². The third-order valence-electron chi connectivity index (χ3n) is 1.60. The van der Waals surface area contributed by atoms with Crippen molar-refractivity contribution in [2.24, 2.45) is 0 Å². The molecule has 0 saturated heterocycles. The highest BCUT2D eigenvalue weighted by atomic mass is 35.5. The van der Waals surface area contributed by atoms with Crippen LogP contribution in [-0.4, -0.2) is 9.19 Å². The van der Waals surface area contributed by atoms with Crippen LogP contribution < -0.4 is 0 Å². The zero-order chi connectivity index (χ0) is 12.3. The van der Waals surface area contributed by atoms with Gasteiger partial charge in [-0.3, -0.25) is 5.21 Å². The first-order valence-electron chi connectivity index (χ1n) is 3.78. The molecule has 0 atom stereocenters. The molecule has 1 aromatic rings. The Balaban J connectivity index is 3.18. The highest BCUT2D eigenvalue weighted by Crippen LogP contribution is 2.35. The van der Waals surface area contributed by atoms with Crippen LogP contribution in [0, 0.1) is 11.3 Å². The summed E-state index contributed by atoms with van der Waals surface area (Å²) in [6, 6.07) is 4.46. The van der Waals surface area contributed by atoms with Crippen molar-refractivity contribution in [2.45, 2.75) is 11.1 Å². The van der Waals surface area contributed by atoms with Crippen molar-refractivity contribution in [1.82, 2.24) is 3.99 Å². The molecule has 0 unspecified atom stereocenters. The minimum Gasteiger partial charge on any atom is -0.288 e. The van der Waals surface area contributed by atoms with E-state index in [0.717, 1.165) is 12.1 Å². The third kappa shape index (κ3) is 3.28. The first-order chi connectivity index (χ1) is 7.34. The predicted octanol–water partition coefficient (Wildman–Crippen LogP) is 3.43. The molecule has 0 bridgehead atoms. The lowest BCUT2D eigenvalue weighted by Crippen LogP contribution is -2.08. The van der Waals surface area contributed by atoms with Crippen LogP contribution >= 0.6 is 23.7 Å². The summed E-state index contributed by atoms with van der Waals surface area (Å²) in [4.78, 5) is 0.0730. The highest BCUT2D eigenvalue weighted by Gasteiger charge is 2.33. The van der Waals surface area contributed by atoms with Crippen LogP contribution in [0.25, 0.3) is 0 Å². The minimum atomic E-state index is -4.62. The molecule has 1 aromatic carbocycles. The summed E-state index contributed by atoms with van der Waals surface area (Å²) in [5.41, 5.74) is -1.53. The van der Waals surface area contributed by atoms with E-state index in [1.165, 1.54) is 12.1 Å². The molecule has 0 fully saturated rings. The van der Waals surface area contributed by atoms with Crippen molar-refractivity contribution < 1.29 is 18.4 Å². The lowest BCUT2D eigenvalue weighted by Gasteiger charge is -2.10. The van der Waals surface area contributed by atoms with Gasteiger partial charge in [-0.25, -0.2) is 0 Å². The maximum atomic E-state index is 12.5. The number of nitriles is 1. The normalized spacial score (nSPS) is 11.6. The number of halogens is 4. The molecule has 0 spiro atoms. The zero-order valence-electron chi connectivity index (χ0n) is 7.49. The van der Waals surface area contributed by atoms with Gasteiger partial charge in [-0.05, 0) is 22.2 Å². The molecule has 0 aliphatic carbocycles. The average molecular weight is 269 g/mol. The molecule has 0 heterocycles. The van der Waals surface area contributed by atoms with E-state index in [2.05, 4.69) is 0 Å². The molecule has 86 valence electrons. The second-order valence-corrected chi connectivity index (χ2v) is 4.16. The number of hydrogen-bond donors (Lipinski definition) is 1. The van der Waals surface area contributed by atoms with E-state index in [1.54, 1.807) is 0 Å². The third-order valence-corrected chi connectivity index (χ3v) is 2.42. The Bertz CT molecular complexity index is 430. The second kappa shape index (κ2) is 4.93. The van der Waals surface area contributed by atoms with Gasteiger partial charge < -0.3 is 0 Å². The van der Waals surface area contributed by atoms with Crippen LogP contribution in [0.2, 0.25) is 0 Å². The highest BCUT2D eigenvalue weighted by molar-refractivity contribution is 7.97. The Morgan fingerprint density at radius 3 is 2.50 bits per heavy atom. The second-order valence-electron chi connectivity index (χ2n) is 2.63. The largest absolute Gasteiger partial charge is 0.417 e. The number of benzene rings is 1. The van der Waals surface area contributed by atoms with Gasteiger partial charge in [0.05, 0.1) is 17.2 Å². The molecule has 8 heteroatoms. The fourth-order valence-electron chi connectivity index (χ4n) is 0.999. The summed E-state index contributed by atoms with van der Waals surface area (Å²) in [6.45, 7) is 0. The SMILES string of the molecule is N#Cc1ccc(SN(O)Cl)cc1C(F)(F)F. The van der Waals surface area contributed by atoms with Crippen LogP contribution in [0.5, 0.6) is 0 Å². The Morgan fingerprint density at radius 1 is 1.44 bits per heavy atom. The smallest absolute Gasteiger partial charge is 0.288 e. The molecule has 1 rings (SSSR count). The molecular formula is C8H4ClF3N2OS.